The van der Waals surface area contributed by atoms with Gasteiger partial charge >= 0.3 is 0 Å². The highest BCUT2D eigenvalue weighted by Gasteiger charge is 2.28. The summed E-state index contributed by atoms with van der Waals surface area (Å²) in [4.78, 5) is 13.7. The van der Waals surface area contributed by atoms with Crippen LogP contribution in [0.1, 0.15) is 24.3 Å². The van der Waals surface area contributed by atoms with Crippen LogP contribution in [-0.4, -0.2) is 18.5 Å². The van der Waals surface area contributed by atoms with E-state index in [2.05, 4.69) is 48.1 Å². The molecule has 0 bridgehead atoms. The highest BCUT2D eigenvalue weighted by molar-refractivity contribution is 7.10. The number of rotatable bonds is 4. The highest BCUT2D eigenvalue weighted by Crippen LogP contribution is 2.28. The lowest BCUT2D eigenvalue weighted by Crippen LogP contribution is -2.43. The summed E-state index contributed by atoms with van der Waals surface area (Å²) in [7, 11) is 0. The van der Waals surface area contributed by atoms with Crippen molar-refractivity contribution in [3.63, 3.8) is 0 Å². The van der Waals surface area contributed by atoms with Gasteiger partial charge in [0.1, 0.15) is 6.04 Å². The lowest BCUT2D eigenvalue weighted by molar-refractivity contribution is -0.121. The van der Waals surface area contributed by atoms with Crippen molar-refractivity contribution in [1.29, 1.82) is 0 Å². The van der Waals surface area contributed by atoms with Gasteiger partial charge in [0, 0.05) is 28.9 Å². The Morgan fingerprint density at radius 1 is 1.33 bits per heavy atom. The van der Waals surface area contributed by atoms with E-state index < -0.39 is 0 Å². The molecule has 0 fully saturated rings. The molecule has 1 aromatic heterocycles. The van der Waals surface area contributed by atoms with Crippen LogP contribution in [0.15, 0.2) is 41.8 Å². The van der Waals surface area contributed by atoms with Crippen LogP contribution in [0.25, 0.3) is 0 Å². The molecule has 1 aliphatic rings. The zero-order valence-corrected chi connectivity index (χ0v) is 13.2. The van der Waals surface area contributed by atoms with Gasteiger partial charge < -0.3 is 10.6 Å². The molecule has 4 heteroatoms. The SMILES string of the molecule is CC(C)(CNC(=O)[C@@H]1Cc2ccccc2N1)c1cccs1. The van der Waals surface area contributed by atoms with Crippen molar-refractivity contribution < 1.29 is 4.79 Å². The molecule has 1 aromatic carbocycles. The summed E-state index contributed by atoms with van der Waals surface area (Å²) in [6.07, 6.45) is 0.765. The maximum absolute atomic E-state index is 12.4. The van der Waals surface area contributed by atoms with Crippen LogP contribution in [0.2, 0.25) is 0 Å². The number of anilines is 1. The number of fused-ring (bicyclic) bond motifs is 1. The predicted octanol–water partition coefficient (Wildman–Crippen LogP) is 3.18. The third kappa shape index (κ3) is 2.95. The maximum atomic E-state index is 12.4. The largest absolute Gasteiger partial charge is 0.373 e. The van der Waals surface area contributed by atoms with Crippen molar-refractivity contribution in [2.45, 2.75) is 31.7 Å². The second-order valence-corrected chi connectivity index (χ2v) is 7.08. The van der Waals surface area contributed by atoms with Gasteiger partial charge in [-0.2, -0.15) is 0 Å². The molecular formula is C17H20N2OS. The van der Waals surface area contributed by atoms with E-state index in [1.807, 2.05) is 18.2 Å². The molecular weight excluding hydrogens is 280 g/mol. The first-order valence-corrected chi connectivity index (χ1v) is 8.10. The molecule has 2 N–H and O–H groups in total. The third-order valence-corrected chi connectivity index (χ3v) is 5.22. The van der Waals surface area contributed by atoms with Crippen molar-refractivity contribution >= 4 is 22.9 Å². The molecule has 110 valence electrons. The number of nitrogens with one attached hydrogen (secondary N) is 2. The monoisotopic (exact) mass is 300 g/mol. The fraction of sp³-hybridized carbons (Fsp3) is 0.353. The minimum atomic E-state index is -0.151. The Hall–Kier alpha value is -1.81. The number of hydrogen-bond donors (Lipinski definition) is 2. The number of carbonyl (C=O) groups is 1. The van der Waals surface area contributed by atoms with Gasteiger partial charge in [0.25, 0.3) is 0 Å². The quantitative estimate of drug-likeness (QED) is 0.910. The van der Waals surface area contributed by atoms with Gasteiger partial charge in [-0.1, -0.05) is 38.1 Å². The van der Waals surface area contributed by atoms with Gasteiger partial charge in [0.05, 0.1) is 0 Å². The molecule has 0 aliphatic carbocycles. The first-order valence-electron chi connectivity index (χ1n) is 7.22. The number of hydrogen-bond acceptors (Lipinski definition) is 3. The summed E-state index contributed by atoms with van der Waals surface area (Å²) in [5, 5.41) is 8.47. The van der Waals surface area contributed by atoms with Crippen LogP contribution in [-0.2, 0) is 16.6 Å². The smallest absolute Gasteiger partial charge is 0.242 e. The van der Waals surface area contributed by atoms with Crippen molar-refractivity contribution in [2.24, 2.45) is 0 Å². The van der Waals surface area contributed by atoms with Crippen LogP contribution >= 0.6 is 11.3 Å². The molecule has 3 rings (SSSR count). The average molecular weight is 300 g/mol. The summed E-state index contributed by atoms with van der Waals surface area (Å²) in [6.45, 7) is 4.98. The van der Waals surface area contributed by atoms with Crippen LogP contribution in [0.5, 0.6) is 0 Å². The highest BCUT2D eigenvalue weighted by atomic mass is 32.1. The van der Waals surface area contributed by atoms with Gasteiger partial charge in [0.2, 0.25) is 5.91 Å². The molecule has 21 heavy (non-hydrogen) atoms. The standard InChI is InChI=1S/C17H20N2OS/c1-17(2,15-8-5-9-21-15)11-18-16(20)14-10-12-6-3-4-7-13(12)19-14/h3-9,14,19H,10-11H2,1-2H3,(H,18,20)/t14-/m0/s1. The lowest BCUT2D eigenvalue weighted by atomic mass is 9.91. The summed E-state index contributed by atoms with van der Waals surface area (Å²) < 4.78 is 0. The third-order valence-electron chi connectivity index (χ3n) is 3.98. The van der Waals surface area contributed by atoms with Crippen molar-refractivity contribution in [3.05, 3.63) is 52.2 Å². The minimum absolute atomic E-state index is 0.0325. The second kappa shape index (κ2) is 5.53. The van der Waals surface area contributed by atoms with E-state index in [1.165, 1.54) is 10.4 Å². The average Bonchev–Trinajstić information content (AvgIpc) is 3.13. The zero-order chi connectivity index (χ0) is 14.9. The number of amides is 1. The molecule has 1 aliphatic heterocycles. The predicted molar refractivity (Wildman–Crippen MR) is 87.9 cm³/mol. The molecule has 2 heterocycles. The molecule has 0 radical (unpaired) electrons. The second-order valence-electron chi connectivity index (χ2n) is 6.14. The van der Waals surface area contributed by atoms with Crippen molar-refractivity contribution in [2.75, 3.05) is 11.9 Å². The van der Waals surface area contributed by atoms with Gasteiger partial charge in [-0.25, -0.2) is 0 Å². The summed E-state index contributed by atoms with van der Waals surface area (Å²) in [6, 6.07) is 12.1. The van der Waals surface area contributed by atoms with Gasteiger partial charge in [-0.3, -0.25) is 4.79 Å². The number of para-hydroxylation sites is 1. The number of thiophene rings is 1. The summed E-state index contributed by atoms with van der Waals surface area (Å²) >= 11 is 1.74. The zero-order valence-electron chi connectivity index (χ0n) is 12.3. The van der Waals surface area contributed by atoms with Crippen LogP contribution in [0.3, 0.4) is 0 Å². The molecule has 1 atom stereocenters. The molecule has 0 saturated heterocycles. The maximum Gasteiger partial charge on any atom is 0.242 e. The van der Waals surface area contributed by atoms with E-state index in [0.29, 0.717) is 6.54 Å². The Morgan fingerprint density at radius 3 is 2.86 bits per heavy atom. The Labute approximate surface area is 129 Å². The fourth-order valence-corrected chi connectivity index (χ4v) is 3.49. The van der Waals surface area contributed by atoms with Crippen LogP contribution < -0.4 is 10.6 Å². The van der Waals surface area contributed by atoms with Crippen LogP contribution in [0.4, 0.5) is 5.69 Å². The molecule has 3 nitrogen and oxygen atoms in total. The van der Waals surface area contributed by atoms with Gasteiger partial charge in [0.15, 0.2) is 0 Å². The van der Waals surface area contributed by atoms with Gasteiger partial charge in [-0.05, 0) is 23.1 Å². The minimum Gasteiger partial charge on any atom is -0.373 e. The molecule has 2 aromatic rings. The normalized spacial score (nSPS) is 17.1. The Balaban J connectivity index is 1.59. The van der Waals surface area contributed by atoms with Crippen LogP contribution in [0, 0.1) is 0 Å². The summed E-state index contributed by atoms with van der Waals surface area (Å²) in [5.41, 5.74) is 2.26. The van der Waals surface area contributed by atoms with Crippen molar-refractivity contribution in [3.8, 4) is 0 Å². The number of carbonyl (C=O) groups excluding carboxylic acids is 1. The molecule has 0 unspecified atom stereocenters. The summed E-state index contributed by atoms with van der Waals surface area (Å²) in [5.74, 6) is 0.0795. The fourth-order valence-electron chi connectivity index (χ4n) is 2.64. The molecule has 1 amide bonds. The van der Waals surface area contributed by atoms with E-state index >= 15 is 0 Å². The van der Waals surface area contributed by atoms with E-state index in [-0.39, 0.29) is 17.4 Å². The Kier molecular flexibility index (Phi) is 3.72. The van der Waals surface area contributed by atoms with E-state index in [9.17, 15) is 4.79 Å². The first kappa shape index (κ1) is 14.1. The topological polar surface area (TPSA) is 41.1 Å². The van der Waals surface area contributed by atoms with E-state index in [0.717, 1.165) is 12.1 Å². The first-order chi connectivity index (χ1) is 10.1. The lowest BCUT2D eigenvalue weighted by Gasteiger charge is -2.24. The van der Waals surface area contributed by atoms with E-state index in [1.54, 1.807) is 11.3 Å². The van der Waals surface area contributed by atoms with Gasteiger partial charge in [-0.15, -0.1) is 11.3 Å². The number of benzene rings is 1. The van der Waals surface area contributed by atoms with Crippen molar-refractivity contribution in [1.82, 2.24) is 5.32 Å². The Bertz CT molecular complexity index is 609. The Morgan fingerprint density at radius 2 is 2.14 bits per heavy atom. The molecule has 0 saturated carbocycles. The van der Waals surface area contributed by atoms with E-state index in [4.69, 9.17) is 0 Å². The molecule has 0 spiro atoms.